The van der Waals surface area contributed by atoms with Crippen molar-refractivity contribution < 1.29 is 19.1 Å². The van der Waals surface area contributed by atoms with Crippen LogP contribution in [0.25, 0.3) is 0 Å². The average Bonchev–Trinajstić information content (AvgIpc) is 3.32. The van der Waals surface area contributed by atoms with Gasteiger partial charge in [0.2, 0.25) is 5.91 Å². The Kier molecular flexibility index (Phi) is 5.65. The molecule has 3 atom stereocenters. The first-order chi connectivity index (χ1) is 14.0. The van der Waals surface area contributed by atoms with Gasteiger partial charge in [-0.15, -0.1) is 0 Å². The molecule has 2 aromatic carbocycles. The number of carbonyl (C=O) groups excluding carboxylic acids is 3. The van der Waals surface area contributed by atoms with Crippen LogP contribution >= 0.6 is 11.6 Å². The van der Waals surface area contributed by atoms with Crippen LogP contribution in [0.3, 0.4) is 0 Å². The molecular formula is C22H21ClN2O4. The highest BCUT2D eigenvalue weighted by atomic mass is 35.5. The number of ketones is 1. The SMILES string of the molecule is O=C(NC(Cc1ccc(Cl)cc1)C(=O)N1CCC2OCC(=O)C21)c1ccccc1. The molecule has 4 rings (SSSR count). The molecule has 2 aliphatic rings. The van der Waals surface area contributed by atoms with Gasteiger partial charge >= 0.3 is 0 Å². The molecule has 0 bridgehead atoms. The van der Waals surface area contributed by atoms with E-state index in [4.69, 9.17) is 16.3 Å². The third kappa shape index (κ3) is 4.18. The molecule has 1 N–H and O–H groups in total. The second-order valence-corrected chi connectivity index (χ2v) is 7.74. The van der Waals surface area contributed by atoms with E-state index in [9.17, 15) is 14.4 Å². The summed E-state index contributed by atoms with van der Waals surface area (Å²) < 4.78 is 5.49. The molecule has 2 fully saturated rings. The minimum atomic E-state index is -0.795. The Hall–Kier alpha value is -2.70. The summed E-state index contributed by atoms with van der Waals surface area (Å²) >= 11 is 5.96. The van der Waals surface area contributed by atoms with Crippen molar-refractivity contribution in [3.63, 3.8) is 0 Å². The molecule has 2 amide bonds. The number of fused-ring (bicyclic) bond motifs is 1. The number of hydrogen-bond donors (Lipinski definition) is 1. The maximum atomic E-state index is 13.3. The lowest BCUT2D eigenvalue weighted by atomic mass is 10.0. The Morgan fingerprint density at radius 1 is 1.14 bits per heavy atom. The fourth-order valence-electron chi connectivity index (χ4n) is 3.93. The first kappa shape index (κ1) is 19.6. The van der Waals surface area contributed by atoms with E-state index in [0.29, 0.717) is 30.0 Å². The minimum Gasteiger partial charge on any atom is -0.368 e. The van der Waals surface area contributed by atoms with E-state index in [1.807, 2.05) is 18.2 Å². The molecule has 6 nitrogen and oxygen atoms in total. The number of hydrogen-bond acceptors (Lipinski definition) is 4. The van der Waals surface area contributed by atoms with Gasteiger partial charge in [0.15, 0.2) is 5.78 Å². The second-order valence-electron chi connectivity index (χ2n) is 7.30. The molecule has 2 aliphatic heterocycles. The molecule has 0 aliphatic carbocycles. The van der Waals surface area contributed by atoms with Gasteiger partial charge in [0, 0.05) is 23.6 Å². The van der Waals surface area contributed by atoms with Gasteiger partial charge < -0.3 is 15.0 Å². The van der Waals surface area contributed by atoms with Gasteiger partial charge in [0.1, 0.15) is 18.7 Å². The van der Waals surface area contributed by atoms with Gasteiger partial charge in [-0.1, -0.05) is 41.9 Å². The van der Waals surface area contributed by atoms with Crippen LogP contribution in [-0.4, -0.2) is 53.8 Å². The smallest absolute Gasteiger partial charge is 0.251 e. The van der Waals surface area contributed by atoms with Crippen LogP contribution in [0.2, 0.25) is 5.02 Å². The van der Waals surface area contributed by atoms with Crippen LogP contribution in [0.4, 0.5) is 0 Å². The largest absolute Gasteiger partial charge is 0.368 e. The van der Waals surface area contributed by atoms with Crippen molar-refractivity contribution in [2.24, 2.45) is 0 Å². The van der Waals surface area contributed by atoms with Crippen molar-refractivity contribution in [2.75, 3.05) is 13.2 Å². The van der Waals surface area contributed by atoms with E-state index in [-0.39, 0.29) is 30.3 Å². The zero-order valence-corrected chi connectivity index (χ0v) is 16.5. The summed E-state index contributed by atoms with van der Waals surface area (Å²) in [5, 5.41) is 3.45. The number of likely N-dealkylation sites (tertiary alicyclic amines) is 1. The van der Waals surface area contributed by atoms with Crippen LogP contribution < -0.4 is 5.32 Å². The number of Topliss-reactive ketones (excluding diaryl/α,β-unsaturated/α-hetero) is 1. The summed E-state index contributed by atoms with van der Waals surface area (Å²) in [6, 6.07) is 14.5. The predicted octanol–water partition coefficient (Wildman–Crippen LogP) is 2.25. The molecule has 7 heteroatoms. The van der Waals surface area contributed by atoms with Crippen molar-refractivity contribution in [3.8, 4) is 0 Å². The molecular weight excluding hydrogens is 392 g/mol. The highest BCUT2D eigenvalue weighted by molar-refractivity contribution is 6.30. The van der Waals surface area contributed by atoms with E-state index < -0.39 is 12.1 Å². The molecule has 3 unspecified atom stereocenters. The Labute approximate surface area is 173 Å². The standard InChI is InChI=1S/C22H21ClN2O4/c23-16-8-6-14(7-9-16)12-17(24-21(27)15-4-2-1-3-5-15)22(28)25-11-10-19-20(25)18(26)13-29-19/h1-9,17,19-20H,10-13H2,(H,24,27). The molecule has 2 heterocycles. The number of ether oxygens (including phenoxy) is 1. The quantitative estimate of drug-likeness (QED) is 0.817. The van der Waals surface area contributed by atoms with Crippen molar-refractivity contribution in [2.45, 2.75) is 31.0 Å². The van der Waals surface area contributed by atoms with E-state index in [1.165, 1.54) is 0 Å². The molecule has 2 aromatic rings. The van der Waals surface area contributed by atoms with Gasteiger partial charge in [-0.05, 0) is 36.2 Å². The lowest BCUT2D eigenvalue weighted by molar-refractivity contribution is -0.138. The first-order valence-corrected chi connectivity index (χ1v) is 9.96. The molecule has 0 aromatic heterocycles. The van der Waals surface area contributed by atoms with E-state index in [0.717, 1.165) is 5.56 Å². The predicted molar refractivity (Wildman–Crippen MR) is 108 cm³/mol. The number of nitrogens with one attached hydrogen (secondary N) is 1. The lowest BCUT2D eigenvalue weighted by Gasteiger charge is -2.27. The zero-order valence-electron chi connectivity index (χ0n) is 15.7. The number of amides is 2. The van der Waals surface area contributed by atoms with Gasteiger partial charge in [-0.3, -0.25) is 14.4 Å². The summed E-state index contributed by atoms with van der Waals surface area (Å²) in [5.74, 6) is -0.682. The Morgan fingerprint density at radius 3 is 2.59 bits per heavy atom. The van der Waals surface area contributed by atoms with Crippen LogP contribution in [0, 0.1) is 0 Å². The number of benzene rings is 2. The topological polar surface area (TPSA) is 75.7 Å². The molecule has 0 radical (unpaired) electrons. The number of rotatable bonds is 5. The van der Waals surface area contributed by atoms with Gasteiger partial charge in [0.05, 0.1) is 6.10 Å². The number of nitrogens with zero attached hydrogens (tertiary/aromatic N) is 1. The summed E-state index contributed by atoms with van der Waals surface area (Å²) in [6.07, 6.45) is 0.687. The molecule has 2 saturated heterocycles. The molecule has 29 heavy (non-hydrogen) atoms. The van der Waals surface area contributed by atoms with Gasteiger partial charge in [0.25, 0.3) is 5.91 Å². The fraction of sp³-hybridized carbons (Fsp3) is 0.318. The van der Waals surface area contributed by atoms with Crippen LogP contribution in [0.15, 0.2) is 54.6 Å². The van der Waals surface area contributed by atoms with Crippen LogP contribution in [-0.2, 0) is 20.7 Å². The van der Waals surface area contributed by atoms with Crippen molar-refractivity contribution >= 4 is 29.2 Å². The zero-order chi connectivity index (χ0) is 20.4. The highest BCUT2D eigenvalue weighted by Crippen LogP contribution is 2.28. The maximum absolute atomic E-state index is 13.3. The number of carbonyl (C=O) groups is 3. The summed E-state index contributed by atoms with van der Waals surface area (Å²) in [4.78, 5) is 39.8. The maximum Gasteiger partial charge on any atom is 0.251 e. The minimum absolute atomic E-state index is 0.0390. The summed E-state index contributed by atoms with van der Waals surface area (Å²) in [5.41, 5.74) is 1.34. The highest BCUT2D eigenvalue weighted by Gasteiger charge is 2.48. The molecule has 150 valence electrons. The molecule has 0 spiro atoms. The number of halogens is 1. The van der Waals surface area contributed by atoms with Crippen molar-refractivity contribution in [1.29, 1.82) is 0 Å². The van der Waals surface area contributed by atoms with Gasteiger partial charge in [-0.2, -0.15) is 0 Å². The summed E-state index contributed by atoms with van der Waals surface area (Å²) in [7, 11) is 0. The summed E-state index contributed by atoms with van der Waals surface area (Å²) in [6.45, 7) is 0.482. The van der Waals surface area contributed by atoms with Gasteiger partial charge in [-0.25, -0.2) is 0 Å². The van der Waals surface area contributed by atoms with E-state index in [1.54, 1.807) is 41.3 Å². The third-order valence-corrected chi connectivity index (χ3v) is 5.64. The first-order valence-electron chi connectivity index (χ1n) is 9.58. The van der Waals surface area contributed by atoms with E-state index >= 15 is 0 Å². The molecule has 0 saturated carbocycles. The van der Waals surface area contributed by atoms with Crippen LogP contribution in [0.1, 0.15) is 22.3 Å². The Bertz CT molecular complexity index is 916. The normalized spacial score (nSPS) is 21.7. The monoisotopic (exact) mass is 412 g/mol. The van der Waals surface area contributed by atoms with Crippen LogP contribution in [0.5, 0.6) is 0 Å². The Morgan fingerprint density at radius 2 is 1.86 bits per heavy atom. The van der Waals surface area contributed by atoms with Crippen molar-refractivity contribution in [1.82, 2.24) is 10.2 Å². The Balaban J connectivity index is 1.57. The van der Waals surface area contributed by atoms with Crippen molar-refractivity contribution in [3.05, 3.63) is 70.7 Å². The fourth-order valence-corrected chi connectivity index (χ4v) is 4.05. The lowest BCUT2D eigenvalue weighted by Crippen LogP contribution is -2.53. The average molecular weight is 413 g/mol. The van der Waals surface area contributed by atoms with E-state index in [2.05, 4.69) is 5.32 Å². The third-order valence-electron chi connectivity index (χ3n) is 5.39. The second kappa shape index (κ2) is 8.35.